The Labute approximate surface area is 253 Å². The summed E-state index contributed by atoms with van der Waals surface area (Å²) in [6.45, 7) is 2.86. The van der Waals surface area contributed by atoms with Crippen molar-refractivity contribution in [1.82, 2.24) is 20.9 Å². The summed E-state index contributed by atoms with van der Waals surface area (Å²) in [5.41, 5.74) is 0.451. The highest BCUT2D eigenvalue weighted by Gasteiger charge is 2.51. The van der Waals surface area contributed by atoms with E-state index in [1.165, 1.54) is 7.11 Å². The van der Waals surface area contributed by atoms with Gasteiger partial charge in [-0.2, -0.15) is 13.2 Å². The number of hydrogen-bond acceptors (Lipinski definition) is 8. The highest BCUT2D eigenvalue weighted by Crippen LogP contribution is 2.31. The number of benzene rings is 1. The molecule has 0 spiro atoms. The number of allylic oxidation sites excluding steroid dienone is 1. The van der Waals surface area contributed by atoms with Crippen molar-refractivity contribution in [1.29, 1.82) is 0 Å². The Morgan fingerprint density at radius 2 is 1.66 bits per heavy atom. The molecule has 0 unspecified atom stereocenters. The topological polar surface area (TPSA) is 139 Å². The number of nitrogens with one attached hydrogen (secondary N) is 3. The van der Waals surface area contributed by atoms with Gasteiger partial charge < -0.3 is 30.2 Å². The minimum atomic E-state index is -5.14. The molecule has 0 radical (unpaired) electrons. The Morgan fingerprint density at radius 1 is 1.00 bits per heavy atom. The van der Waals surface area contributed by atoms with Crippen LogP contribution in [0.5, 0.6) is 5.75 Å². The summed E-state index contributed by atoms with van der Waals surface area (Å²) in [6.07, 6.45) is -0.556. The minimum absolute atomic E-state index is 0.189. The first-order chi connectivity index (χ1) is 20.9. The molecule has 4 rings (SSSR count). The first kappa shape index (κ1) is 33.4. The monoisotopic (exact) mass is 624 g/mol. The van der Waals surface area contributed by atoms with Crippen LogP contribution in [0.3, 0.4) is 0 Å². The summed E-state index contributed by atoms with van der Waals surface area (Å²) in [7, 11) is 1.47. The van der Waals surface area contributed by atoms with Crippen molar-refractivity contribution in [2.75, 3.05) is 46.6 Å². The van der Waals surface area contributed by atoms with Gasteiger partial charge in [-0.05, 0) is 50.3 Å². The normalized spacial score (nSPS) is 22.2. The van der Waals surface area contributed by atoms with Crippen molar-refractivity contribution < 1.29 is 46.6 Å². The number of ketones is 1. The molecule has 1 aliphatic carbocycles. The van der Waals surface area contributed by atoms with Gasteiger partial charge in [0, 0.05) is 19.5 Å². The largest absolute Gasteiger partial charge is 0.497 e. The Bertz CT molecular complexity index is 1230. The molecule has 0 saturated carbocycles. The number of amides is 3. The maximum Gasteiger partial charge on any atom is 0.417 e. The fourth-order valence-electron chi connectivity index (χ4n) is 5.21. The lowest BCUT2D eigenvalue weighted by atomic mass is 9.94. The van der Waals surface area contributed by atoms with Crippen LogP contribution in [0.15, 0.2) is 35.9 Å². The van der Waals surface area contributed by atoms with E-state index >= 15 is 0 Å². The van der Waals surface area contributed by atoms with Crippen molar-refractivity contribution in [3.63, 3.8) is 0 Å². The Morgan fingerprint density at radius 3 is 2.23 bits per heavy atom. The lowest BCUT2D eigenvalue weighted by Gasteiger charge is -2.28. The van der Waals surface area contributed by atoms with E-state index in [-0.39, 0.29) is 31.8 Å². The van der Waals surface area contributed by atoms with E-state index < -0.39 is 47.6 Å². The van der Waals surface area contributed by atoms with E-state index in [9.17, 15) is 32.3 Å². The highest BCUT2D eigenvalue weighted by atomic mass is 19.4. The molecule has 1 aromatic carbocycles. The van der Waals surface area contributed by atoms with Gasteiger partial charge in [0.1, 0.15) is 17.4 Å². The van der Waals surface area contributed by atoms with E-state index in [4.69, 9.17) is 14.2 Å². The zero-order chi connectivity index (χ0) is 31.9. The molecular weight excluding hydrogens is 585 g/mol. The lowest BCUT2D eigenvalue weighted by molar-refractivity contribution is -0.172. The average molecular weight is 625 g/mol. The molecule has 2 heterocycles. The number of alkyl halides is 3. The minimum Gasteiger partial charge on any atom is -0.497 e. The van der Waals surface area contributed by atoms with Crippen LogP contribution in [0.1, 0.15) is 38.2 Å². The molecule has 0 bridgehead atoms. The number of carbonyl (C=O) groups is 4. The van der Waals surface area contributed by atoms with Gasteiger partial charge >= 0.3 is 6.18 Å². The van der Waals surface area contributed by atoms with Gasteiger partial charge in [-0.3, -0.25) is 24.1 Å². The number of Topliss-reactive ketones (excluding diaryl/α,β-unsaturated/α-hetero) is 1. The van der Waals surface area contributed by atoms with Crippen LogP contribution in [0, 0.1) is 0 Å². The fraction of sp³-hybridized carbons (Fsp3) is 0.600. The third-order valence-corrected chi connectivity index (χ3v) is 7.93. The van der Waals surface area contributed by atoms with Gasteiger partial charge in [0.2, 0.25) is 17.9 Å². The molecule has 242 valence electrons. The molecule has 2 fully saturated rings. The summed E-state index contributed by atoms with van der Waals surface area (Å²) in [4.78, 5) is 54.2. The molecule has 2 aliphatic heterocycles. The summed E-state index contributed by atoms with van der Waals surface area (Å²) in [5.74, 6) is -3.26. The number of carbonyl (C=O) groups excluding carboxylic acids is 4. The zero-order valence-corrected chi connectivity index (χ0v) is 24.8. The summed E-state index contributed by atoms with van der Waals surface area (Å²) in [6, 6.07) is 1.05. The second-order valence-corrected chi connectivity index (χ2v) is 11.4. The van der Waals surface area contributed by atoms with Crippen LogP contribution in [0.2, 0.25) is 0 Å². The van der Waals surface area contributed by atoms with Crippen LogP contribution in [0.4, 0.5) is 13.2 Å². The van der Waals surface area contributed by atoms with Gasteiger partial charge in [-0.25, -0.2) is 0 Å². The number of rotatable bonds is 14. The molecular formula is C30H39F3N4O7. The van der Waals surface area contributed by atoms with Crippen LogP contribution in [0.25, 0.3) is 0 Å². The van der Waals surface area contributed by atoms with Crippen molar-refractivity contribution in [2.45, 2.75) is 68.9 Å². The number of methoxy groups -OCH3 is 1. The quantitative estimate of drug-likeness (QED) is 0.209. The molecule has 3 N–H and O–H groups in total. The Hall–Kier alpha value is -3.49. The third-order valence-electron chi connectivity index (χ3n) is 7.93. The molecule has 4 atom stereocenters. The summed E-state index contributed by atoms with van der Waals surface area (Å²) < 4.78 is 57.8. The second kappa shape index (κ2) is 14.5. The fourth-order valence-corrected chi connectivity index (χ4v) is 5.21. The molecule has 11 nitrogen and oxygen atoms in total. The maximum absolute atomic E-state index is 14.1. The number of ether oxygens (including phenoxy) is 3. The summed E-state index contributed by atoms with van der Waals surface area (Å²) in [5, 5.41) is 6.65. The predicted molar refractivity (Wildman–Crippen MR) is 152 cm³/mol. The van der Waals surface area contributed by atoms with E-state index in [0.717, 1.165) is 24.8 Å². The molecule has 3 amide bonds. The molecule has 3 aliphatic rings. The second-order valence-electron chi connectivity index (χ2n) is 11.4. The number of hydrogen-bond donors (Lipinski definition) is 3. The number of nitrogens with zero attached hydrogens (tertiary/aromatic N) is 1. The molecule has 14 heteroatoms. The molecule has 1 aromatic rings. The van der Waals surface area contributed by atoms with Gasteiger partial charge in [0.25, 0.3) is 5.91 Å². The van der Waals surface area contributed by atoms with Gasteiger partial charge in [0.05, 0.1) is 39.5 Å². The highest BCUT2D eigenvalue weighted by molar-refractivity contribution is 5.98. The first-order valence-corrected chi connectivity index (χ1v) is 14.6. The first-order valence-electron chi connectivity index (χ1n) is 14.6. The van der Waals surface area contributed by atoms with E-state index in [2.05, 4.69) is 10.6 Å². The molecule has 0 aromatic heterocycles. The Kier molecular flexibility index (Phi) is 11.0. The maximum atomic E-state index is 14.1. The number of epoxide rings is 1. The van der Waals surface area contributed by atoms with Crippen LogP contribution < -0.4 is 20.7 Å². The smallest absolute Gasteiger partial charge is 0.417 e. The molecule has 44 heavy (non-hydrogen) atoms. The van der Waals surface area contributed by atoms with E-state index in [1.54, 1.807) is 41.4 Å². The average Bonchev–Trinajstić information content (AvgIpc) is 3.53. The predicted octanol–water partition coefficient (Wildman–Crippen LogP) is 1.45. The third kappa shape index (κ3) is 9.26. The van der Waals surface area contributed by atoms with Gasteiger partial charge in [-0.1, -0.05) is 23.8 Å². The van der Waals surface area contributed by atoms with Crippen LogP contribution in [-0.4, -0.2) is 105 Å². The number of halogens is 3. The number of morpholine rings is 1. The lowest BCUT2D eigenvalue weighted by Crippen LogP contribution is -2.61. The van der Waals surface area contributed by atoms with Gasteiger partial charge in [0.15, 0.2) is 5.78 Å². The Balaban J connectivity index is 1.52. The standard InChI is InChI=1S/C30H39F3N4O7/c1-29(18-44-29)26(39)22(15-19-5-3-4-6-19)34-27(40)23(16-20-7-9-21(42-2)10-8-20)35-28(41)25(30(31,32)33)36-24(38)17-37-11-13-43-14-12-37/h5,7-10,22-23,25H,3-4,6,11-18H2,1-2H3,(H,34,40)(H,35,41)(H,36,38)/t22-,23-,25-,29+/m0/s1. The van der Waals surface area contributed by atoms with E-state index in [1.807, 2.05) is 6.08 Å². The summed E-state index contributed by atoms with van der Waals surface area (Å²) >= 11 is 0. The van der Waals surface area contributed by atoms with Gasteiger partial charge in [-0.15, -0.1) is 0 Å². The van der Waals surface area contributed by atoms with Crippen LogP contribution >= 0.6 is 0 Å². The SMILES string of the molecule is COc1ccc(C[C@H](NC(=O)[C@H](NC(=O)CN2CCOCC2)C(F)(F)F)C(=O)N[C@@H](CC2=CCCC2)C(=O)[C@@]2(C)CO2)cc1. The van der Waals surface area contributed by atoms with Crippen LogP contribution in [-0.2, 0) is 35.1 Å². The van der Waals surface area contributed by atoms with Crippen molar-refractivity contribution in [3.05, 3.63) is 41.5 Å². The van der Waals surface area contributed by atoms with E-state index in [0.29, 0.717) is 37.6 Å². The zero-order valence-electron chi connectivity index (χ0n) is 24.8. The molecule has 2 saturated heterocycles. The van der Waals surface area contributed by atoms with Crippen molar-refractivity contribution in [2.24, 2.45) is 0 Å². The van der Waals surface area contributed by atoms with Crippen molar-refractivity contribution in [3.8, 4) is 5.75 Å². The van der Waals surface area contributed by atoms with Crippen molar-refractivity contribution >= 4 is 23.5 Å².